The van der Waals surface area contributed by atoms with E-state index in [2.05, 4.69) is 5.32 Å². The van der Waals surface area contributed by atoms with Crippen molar-refractivity contribution in [2.24, 2.45) is 0 Å². The predicted molar refractivity (Wildman–Crippen MR) is 120 cm³/mol. The maximum absolute atomic E-state index is 12.6. The van der Waals surface area contributed by atoms with Crippen LogP contribution < -0.4 is 5.32 Å². The maximum atomic E-state index is 12.6. The molecule has 5 nitrogen and oxygen atoms in total. The highest BCUT2D eigenvalue weighted by Crippen LogP contribution is 2.23. The van der Waals surface area contributed by atoms with Crippen LogP contribution in [0.5, 0.6) is 5.75 Å². The number of sulfone groups is 1. The Balaban J connectivity index is 0.00000320. The summed E-state index contributed by atoms with van der Waals surface area (Å²) in [6, 6.07) is 19.3. The second-order valence-electron chi connectivity index (χ2n) is 6.67. The third kappa shape index (κ3) is 6.20. The lowest BCUT2D eigenvalue weighted by atomic mass is 10.1. The monoisotopic (exact) mass is 467 g/mol. The molecule has 0 spiro atoms. The molecule has 8 heteroatoms. The minimum atomic E-state index is -3.61. The number of aliphatic hydroxyl groups is 1. The summed E-state index contributed by atoms with van der Waals surface area (Å²) in [7, 11) is -3.61. The molecule has 3 aromatic carbocycles. The van der Waals surface area contributed by atoms with Gasteiger partial charge in [0.05, 0.1) is 15.9 Å². The van der Waals surface area contributed by atoms with Crippen molar-refractivity contribution in [1.82, 2.24) is 5.32 Å². The van der Waals surface area contributed by atoms with Gasteiger partial charge in [-0.25, -0.2) is 8.42 Å². The summed E-state index contributed by atoms with van der Waals surface area (Å²) in [5, 5.41) is 23.3. The van der Waals surface area contributed by atoms with Gasteiger partial charge in [0.25, 0.3) is 0 Å². The lowest BCUT2D eigenvalue weighted by Gasteiger charge is -2.12. The average Bonchev–Trinajstić information content (AvgIpc) is 2.72. The number of phenols is 1. The highest BCUT2D eigenvalue weighted by molar-refractivity contribution is 7.91. The van der Waals surface area contributed by atoms with Crippen LogP contribution in [0.1, 0.15) is 17.2 Å². The van der Waals surface area contributed by atoms with Crippen molar-refractivity contribution in [3.8, 4) is 5.75 Å². The first-order chi connectivity index (χ1) is 13.9. The van der Waals surface area contributed by atoms with E-state index in [1.165, 1.54) is 24.3 Å². The number of phenolic OH excluding ortho intramolecular Hbond substituents is 1. The number of hydrogen-bond donors (Lipinski definition) is 3. The van der Waals surface area contributed by atoms with Gasteiger partial charge in [0.1, 0.15) is 5.75 Å². The molecule has 30 heavy (non-hydrogen) atoms. The molecule has 0 unspecified atom stereocenters. The Hall–Kier alpha value is -2.09. The summed E-state index contributed by atoms with van der Waals surface area (Å²) < 4.78 is 25.2. The first kappa shape index (κ1) is 24.2. The van der Waals surface area contributed by atoms with Gasteiger partial charge >= 0.3 is 0 Å². The molecule has 0 aliphatic rings. The van der Waals surface area contributed by atoms with E-state index >= 15 is 0 Å². The first-order valence-corrected chi connectivity index (χ1v) is 11.0. The van der Waals surface area contributed by atoms with E-state index in [0.29, 0.717) is 24.5 Å². The van der Waals surface area contributed by atoms with Gasteiger partial charge in [-0.2, -0.15) is 0 Å². The van der Waals surface area contributed by atoms with Gasteiger partial charge < -0.3 is 15.5 Å². The summed E-state index contributed by atoms with van der Waals surface area (Å²) >= 11 is 5.94. The number of aliphatic hydroxyl groups excluding tert-OH is 1. The Labute approximate surface area is 187 Å². The van der Waals surface area contributed by atoms with Crippen molar-refractivity contribution in [2.45, 2.75) is 22.3 Å². The summed E-state index contributed by atoms with van der Waals surface area (Å²) in [6.45, 7) is 1.04. The SMILES string of the molecule is Cl.O=S(=O)(c1ccc(O)cc1)c1ccc(CCNC[C@H](O)c2cccc(Cl)c2)cc1. The molecule has 3 rings (SSSR count). The number of hydrogen-bond acceptors (Lipinski definition) is 5. The normalized spacial score (nSPS) is 12.2. The molecule has 0 amide bonds. The van der Waals surface area contributed by atoms with Crippen LogP contribution >= 0.6 is 24.0 Å². The Morgan fingerprint density at radius 2 is 1.53 bits per heavy atom. The molecule has 0 aliphatic heterocycles. The zero-order valence-corrected chi connectivity index (χ0v) is 18.4. The fourth-order valence-electron chi connectivity index (χ4n) is 2.90. The Morgan fingerprint density at radius 1 is 0.933 bits per heavy atom. The van der Waals surface area contributed by atoms with Gasteiger partial charge in [-0.1, -0.05) is 35.9 Å². The average molecular weight is 468 g/mol. The molecule has 0 fully saturated rings. The third-order valence-corrected chi connectivity index (χ3v) is 6.56. The highest BCUT2D eigenvalue weighted by Gasteiger charge is 2.17. The fraction of sp³-hybridized carbons (Fsp3) is 0.182. The lowest BCUT2D eigenvalue weighted by Crippen LogP contribution is -2.23. The second kappa shape index (κ2) is 10.8. The summed E-state index contributed by atoms with van der Waals surface area (Å²) in [5.41, 5.74) is 1.74. The zero-order chi connectivity index (χ0) is 20.9. The summed E-state index contributed by atoms with van der Waals surface area (Å²) in [5.74, 6) is 0.0206. The molecular formula is C22H23Cl2NO4S. The van der Waals surface area contributed by atoms with E-state index in [9.17, 15) is 18.6 Å². The van der Waals surface area contributed by atoms with Gasteiger partial charge in [-0.05, 0) is 72.6 Å². The lowest BCUT2D eigenvalue weighted by molar-refractivity contribution is 0.175. The molecule has 3 aromatic rings. The second-order valence-corrected chi connectivity index (χ2v) is 9.05. The number of halogens is 2. The van der Waals surface area contributed by atoms with Crippen molar-refractivity contribution < 1.29 is 18.6 Å². The van der Waals surface area contributed by atoms with Gasteiger partial charge in [-0.15, -0.1) is 12.4 Å². The smallest absolute Gasteiger partial charge is 0.206 e. The molecular weight excluding hydrogens is 445 g/mol. The Bertz CT molecular complexity index is 1060. The van der Waals surface area contributed by atoms with Crippen LogP contribution in [0.2, 0.25) is 5.02 Å². The minimum Gasteiger partial charge on any atom is -0.508 e. The first-order valence-electron chi connectivity index (χ1n) is 9.13. The number of aromatic hydroxyl groups is 1. The van der Waals surface area contributed by atoms with Crippen LogP contribution in [0.15, 0.2) is 82.6 Å². The molecule has 0 aromatic heterocycles. The van der Waals surface area contributed by atoms with Crippen LogP contribution in [-0.2, 0) is 16.3 Å². The molecule has 0 heterocycles. The maximum Gasteiger partial charge on any atom is 0.206 e. The highest BCUT2D eigenvalue weighted by atomic mass is 35.5. The van der Waals surface area contributed by atoms with Gasteiger partial charge in [-0.3, -0.25) is 0 Å². The number of rotatable bonds is 8. The topological polar surface area (TPSA) is 86.6 Å². The van der Waals surface area contributed by atoms with E-state index in [4.69, 9.17) is 11.6 Å². The largest absolute Gasteiger partial charge is 0.508 e. The zero-order valence-electron chi connectivity index (χ0n) is 16.0. The van der Waals surface area contributed by atoms with Crippen molar-refractivity contribution in [1.29, 1.82) is 0 Å². The Kier molecular flexibility index (Phi) is 8.70. The van der Waals surface area contributed by atoms with Gasteiger partial charge in [0.2, 0.25) is 9.84 Å². The van der Waals surface area contributed by atoms with Crippen molar-refractivity contribution in [3.05, 3.63) is 88.9 Å². The van der Waals surface area contributed by atoms with E-state index in [-0.39, 0.29) is 27.9 Å². The molecule has 0 saturated heterocycles. The molecule has 160 valence electrons. The van der Waals surface area contributed by atoms with Gasteiger partial charge in [0, 0.05) is 11.6 Å². The standard InChI is InChI=1S/C22H22ClNO4S.ClH/c23-18-3-1-2-17(14-18)22(26)15-24-13-12-16-4-8-20(9-5-16)29(27,28)21-10-6-19(25)7-11-21;/h1-11,14,22,24-26H,12-13,15H2;1H/t22-;/m0./s1. The number of nitrogens with one attached hydrogen (secondary N) is 1. The quantitative estimate of drug-likeness (QED) is 0.432. The summed E-state index contributed by atoms with van der Waals surface area (Å²) in [4.78, 5) is 0.344. The van der Waals surface area contributed by atoms with E-state index < -0.39 is 15.9 Å². The van der Waals surface area contributed by atoms with E-state index in [1.807, 2.05) is 6.07 Å². The van der Waals surface area contributed by atoms with Gasteiger partial charge in [0.15, 0.2) is 0 Å². The van der Waals surface area contributed by atoms with Crippen molar-refractivity contribution in [2.75, 3.05) is 13.1 Å². The number of benzene rings is 3. The molecule has 0 radical (unpaired) electrons. The molecule has 1 atom stereocenters. The van der Waals surface area contributed by atoms with Crippen molar-refractivity contribution in [3.63, 3.8) is 0 Å². The molecule has 0 aliphatic carbocycles. The van der Waals surface area contributed by atoms with Crippen LogP contribution in [0.4, 0.5) is 0 Å². The summed E-state index contributed by atoms with van der Waals surface area (Å²) in [6.07, 6.45) is 0.0495. The van der Waals surface area contributed by atoms with E-state index in [1.54, 1.807) is 42.5 Å². The fourth-order valence-corrected chi connectivity index (χ4v) is 4.36. The van der Waals surface area contributed by atoms with Crippen LogP contribution in [0, 0.1) is 0 Å². The van der Waals surface area contributed by atoms with E-state index in [0.717, 1.165) is 11.1 Å². The molecule has 3 N–H and O–H groups in total. The van der Waals surface area contributed by atoms with Crippen LogP contribution in [-0.4, -0.2) is 31.7 Å². The van der Waals surface area contributed by atoms with Crippen LogP contribution in [0.25, 0.3) is 0 Å². The molecule has 0 bridgehead atoms. The third-order valence-electron chi connectivity index (χ3n) is 4.54. The minimum absolute atomic E-state index is 0. The van der Waals surface area contributed by atoms with Crippen LogP contribution in [0.3, 0.4) is 0 Å². The molecule has 0 saturated carbocycles. The predicted octanol–water partition coefficient (Wildman–Crippen LogP) is 4.17. The van der Waals surface area contributed by atoms with Crippen molar-refractivity contribution >= 4 is 33.8 Å². The Morgan fingerprint density at radius 3 is 2.13 bits per heavy atom.